The summed E-state index contributed by atoms with van der Waals surface area (Å²) in [6, 6.07) is 11.1. The van der Waals surface area contributed by atoms with Gasteiger partial charge in [0, 0.05) is 24.2 Å². The number of ether oxygens (including phenoxy) is 1. The number of hydrogen-bond donors (Lipinski definition) is 0. The van der Waals surface area contributed by atoms with Gasteiger partial charge in [-0.1, -0.05) is 25.1 Å². The number of anilines is 1. The lowest BCUT2D eigenvalue weighted by molar-refractivity contribution is -0.138. The van der Waals surface area contributed by atoms with Crippen LogP contribution < -0.4 is 9.64 Å². The minimum Gasteiger partial charge on any atom is -0.497 e. The van der Waals surface area contributed by atoms with Crippen molar-refractivity contribution >= 4 is 11.6 Å². The van der Waals surface area contributed by atoms with E-state index in [1.807, 2.05) is 45.0 Å². The monoisotopic (exact) mass is 434 g/mol. The molecule has 1 heterocycles. The van der Waals surface area contributed by atoms with Gasteiger partial charge in [-0.15, -0.1) is 0 Å². The first kappa shape index (κ1) is 23.1. The largest absolute Gasteiger partial charge is 0.497 e. The molecule has 0 saturated carbocycles. The summed E-state index contributed by atoms with van der Waals surface area (Å²) in [6.07, 6.45) is -4.36. The quantitative estimate of drug-likeness (QED) is 0.666. The molecule has 3 rings (SSSR count). The molecule has 0 aromatic heterocycles. The minimum atomic E-state index is -4.50. The standard InChI is InChI=1S/C24H29F3N2O2/c1-15(14-28(3)4)29-22-8-6-7-21(24(25,26)27)20(22)13-19(16(2)23(29)30)17-9-11-18(31-5)12-10-17/h6-12,15-16,19H,13-14H2,1-5H3/t15-,16+,19+/m0/s1. The first-order valence-corrected chi connectivity index (χ1v) is 10.4. The van der Waals surface area contributed by atoms with Gasteiger partial charge < -0.3 is 14.5 Å². The predicted molar refractivity (Wildman–Crippen MR) is 116 cm³/mol. The van der Waals surface area contributed by atoms with E-state index in [1.165, 1.54) is 6.07 Å². The Kier molecular flexibility index (Phi) is 6.65. The van der Waals surface area contributed by atoms with Crippen molar-refractivity contribution in [3.8, 4) is 5.75 Å². The van der Waals surface area contributed by atoms with Gasteiger partial charge >= 0.3 is 6.18 Å². The Bertz CT molecular complexity index is 925. The number of likely N-dealkylation sites (N-methyl/N-ethyl adjacent to an activating group) is 1. The second kappa shape index (κ2) is 8.91. The van der Waals surface area contributed by atoms with Crippen molar-refractivity contribution in [1.29, 1.82) is 0 Å². The minimum absolute atomic E-state index is 0.134. The molecule has 168 valence electrons. The summed E-state index contributed by atoms with van der Waals surface area (Å²) < 4.78 is 47.0. The van der Waals surface area contributed by atoms with Crippen molar-refractivity contribution in [3.63, 3.8) is 0 Å². The third-order valence-electron chi connectivity index (χ3n) is 5.98. The molecule has 7 heteroatoms. The van der Waals surface area contributed by atoms with Crippen LogP contribution in [0.15, 0.2) is 42.5 Å². The Morgan fingerprint density at radius 3 is 2.35 bits per heavy atom. The van der Waals surface area contributed by atoms with Crippen LogP contribution in [0, 0.1) is 5.92 Å². The summed E-state index contributed by atoms with van der Waals surface area (Å²) in [5, 5.41) is 0. The molecule has 0 unspecified atom stereocenters. The molecule has 2 aromatic rings. The van der Waals surface area contributed by atoms with Crippen LogP contribution in [-0.4, -0.2) is 44.6 Å². The fourth-order valence-corrected chi connectivity index (χ4v) is 4.51. The molecular weight excluding hydrogens is 405 g/mol. The molecule has 0 aliphatic carbocycles. The number of benzene rings is 2. The first-order chi connectivity index (χ1) is 14.5. The van der Waals surface area contributed by atoms with Crippen LogP contribution in [0.25, 0.3) is 0 Å². The number of hydrogen-bond acceptors (Lipinski definition) is 3. The van der Waals surface area contributed by atoms with Crippen molar-refractivity contribution in [3.05, 3.63) is 59.2 Å². The fourth-order valence-electron chi connectivity index (χ4n) is 4.51. The van der Waals surface area contributed by atoms with Gasteiger partial charge in [0.25, 0.3) is 0 Å². The van der Waals surface area contributed by atoms with E-state index in [0.717, 1.165) is 11.6 Å². The number of amides is 1. The molecule has 1 amide bonds. The van der Waals surface area contributed by atoms with E-state index in [4.69, 9.17) is 4.74 Å². The van der Waals surface area contributed by atoms with Crippen LogP contribution in [0.2, 0.25) is 0 Å². The van der Waals surface area contributed by atoms with Gasteiger partial charge in [0.15, 0.2) is 0 Å². The van der Waals surface area contributed by atoms with E-state index in [9.17, 15) is 18.0 Å². The van der Waals surface area contributed by atoms with Crippen molar-refractivity contribution in [1.82, 2.24) is 4.90 Å². The zero-order chi connectivity index (χ0) is 22.9. The molecule has 31 heavy (non-hydrogen) atoms. The smallest absolute Gasteiger partial charge is 0.416 e. The molecule has 0 N–H and O–H groups in total. The number of fused-ring (bicyclic) bond motifs is 1. The zero-order valence-corrected chi connectivity index (χ0v) is 18.5. The maximum Gasteiger partial charge on any atom is 0.416 e. The summed E-state index contributed by atoms with van der Waals surface area (Å²) in [7, 11) is 5.33. The summed E-state index contributed by atoms with van der Waals surface area (Å²) in [5.41, 5.74) is 0.690. The number of methoxy groups -OCH3 is 1. The third kappa shape index (κ3) is 4.71. The third-order valence-corrected chi connectivity index (χ3v) is 5.98. The van der Waals surface area contributed by atoms with E-state index in [2.05, 4.69) is 0 Å². The second-order valence-corrected chi connectivity index (χ2v) is 8.49. The molecule has 2 aromatic carbocycles. The fraction of sp³-hybridized carbons (Fsp3) is 0.458. The van der Waals surface area contributed by atoms with Gasteiger partial charge in [0.05, 0.1) is 12.7 Å². The molecule has 0 spiro atoms. The normalized spacial score (nSPS) is 20.4. The number of carbonyl (C=O) groups excluding carboxylic acids is 1. The van der Waals surface area contributed by atoms with Gasteiger partial charge in [-0.05, 0) is 68.8 Å². The Morgan fingerprint density at radius 1 is 1.16 bits per heavy atom. The molecule has 0 saturated heterocycles. The van der Waals surface area contributed by atoms with E-state index >= 15 is 0 Å². The lowest BCUT2D eigenvalue weighted by Crippen LogP contribution is -2.46. The molecular formula is C24H29F3N2O2. The maximum atomic E-state index is 13.9. The van der Waals surface area contributed by atoms with E-state index in [-0.39, 0.29) is 29.9 Å². The Morgan fingerprint density at radius 2 is 1.81 bits per heavy atom. The Hall–Kier alpha value is -2.54. The average molecular weight is 435 g/mol. The first-order valence-electron chi connectivity index (χ1n) is 10.4. The number of halogens is 3. The molecule has 1 aliphatic heterocycles. The van der Waals surface area contributed by atoms with Crippen LogP contribution in [0.1, 0.15) is 36.5 Å². The maximum absolute atomic E-state index is 13.9. The second-order valence-electron chi connectivity index (χ2n) is 8.49. The van der Waals surface area contributed by atoms with Crippen molar-refractivity contribution in [2.45, 2.75) is 38.4 Å². The number of carbonyl (C=O) groups is 1. The molecule has 1 aliphatic rings. The van der Waals surface area contributed by atoms with Crippen LogP contribution in [-0.2, 0) is 17.4 Å². The summed E-state index contributed by atoms with van der Waals surface area (Å²) in [4.78, 5) is 17.1. The molecule has 0 bridgehead atoms. The molecule has 0 fully saturated rings. The molecule has 0 radical (unpaired) electrons. The van der Waals surface area contributed by atoms with Gasteiger partial charge in [-0.3, -0.25) is 4.79 Å². The lowest BCUT2D eigenvalue weighted by atomic mass is 9.82. The predicted octanol–water partition coefficient (Wildman–Crippen LogP) is 4.97. The van der Waals surface area contributed by atoms with Crippen molar-refractivity contribution in [2.75, 3.05) is 32.6 Å². The van der Waals surface area contributed by atoms with Crippen LogP contribution in [0.3, 0.4) is 0 Å². The zero-order valence-electron chi connectivity index (χ0n) is 18.5. The SMILES string of the molecule is COc1ccc([C@@H]2Cc3c(cccc3C(F)(F)F)N([C@@H](C)CN(C)C)C(=O)[C@@H]2C)cc1. The van der Waals surface area contributed by atoms with Gasteiger partial charge in [-0.25, -0.2) is 0 Å². The Balaban J connectivity index is 2.17. The van der Waals surface area contributed by atoms with Crippen LogP contribution in [0.4, 0.5) is 18.9 Å². The molecule has 3 atom stereocenters. The van der Waals surface area contributed by atoms with Crippen molar-refractivity contribution < 1.29 is 22.7 Å². The van der Waals surface area contributed by atoms with Crippen molar-refractivity contribution in [2.24, 2.45) is 5.92 Å². The lowest BCUT2D eigenvalue weighted by Gasteiger charge is -2.33. The summed E-state index contributed by atoms with van der Waals surface area (Å²) in [5.74, 6) is -0.356. The highest BCUT2D eigenvalue weighted by atomic mass is 19.4. The van der Waals surface area contributed by atoms with E-state index in [0.29, 0.717) is 18.0 Å². The van der Waals surface area contributed by atoms with Gasteiger partial charge in [0.1, 0.15) is 5.75 Å². The number of nitrogens with zero attached hydrogens (tertiary/aromatic N) is 2. The molecule has 4 nitrogen and oxygen atoms in total. The highest BCUT2D eigenvalue weighted by Gasteiger charge is 2.42. The van der Waals surface area contributed by atoms with Gasteiger partial charge in [0.2, 0.25) is 5.91 Å². The van der Waals surface area contributed by atoms with E-state index in [1.54, 1.807) is 30.2 Å². The topological polar surface area (TPSA) is 32.8 Å². The van der Waals surface area contributed by atoms with E-state index < -0.39 is 17.7 Å². The number of alkyl halides is 3. The Labute approximate surface area is 181 Å². The summed E-state index contributed by atoms with van der Waals surface area (Å²) >= 11 is 0. The van der Waals surface area contributed by atoms with Crippen LogP contribution >= 0.6 is 0 Å². The highest BCUT2D eigenvalue weighted by Crippen LogP contribution is 2.44. The van der Waals surface area contributed by atoms with Crippen LogP contribution in [0.5, 0.6) is 5.75 Å². The highest BCUT2D eigenvalue weighted by molar-refractivity contribution is 5.98. The average Bonchev–Trinajstić information content (AvgIpc) is 2.81. The summed E-state index contributed by atoms with van der Waals surface area (Å²) in [6.45, 7) is 4.23. The number of rotatable bonds is 5. The van der Waals surface area contributed by atoms with Gasteiger partial charge in [-0.2, -0.15) is 13.2 Å².